The molecule has 0 heterocycles. The third-order valence-corrected chi connectivity index (χ3v) is 3.78. The summed E-state index contributed by atoms with van der Waals surface area (Å²) in [6.45, 7) is 3.91. The Hall–Kier alpha value is -2.04. The fourth-order valence-corrected chi connectivity index (χ4v) is 2.50. The minimum absolute atomic E-state index is 0.171. The molecular weight excluding hydrogens is 246 g/mol. The van der Waals surface area contributed by atoms with Crippen molar-refractivity contribution < 1.29 is 19.8 Å². The fraction of sp³-hybridized carbons (Fsp3) is 0.429. The van der Waals surface area contributed by atoms with Crippen molar-refractivity contribution in [2.45, 2.75) is 20.4 Å². The van der Waals surface area contributed by atoms with Gasteiger partial charge in [0, 0.05) is 6.54 Å². The maximum absolute atomic E-state index is 12.0. The number of phenolic OH excluding ortho intramolecular Hbond substituents is 1. The van der Waals surface area contributed by atoms with E-state index in [1.807, 2.05) is 0 Å². The maximum atomic E-state index is 12.0. The van der Waals surface area contributed by atoms with E-state index in [4.69, 9.17) is 10.2 Å². The van der Waals surface area contributed by atoms with Crippen LogP contribution in [0, 0.1) is 17.3 Å². The second kappa shape index (κ2) is 4.57. The monoisotopic (exact) mass is 263 g/mol. The van der Waals surface area contributed by atoms with Crippen LogP contribution in [0.3, 0.4) is 0 Å². The molecule has 2 unspecified atom stereocenters. The average Bonchev–Trinajstić information content (AvgIpc) is 2.91. The highest BCUT2D eigenvalue weighted by Crippen LogP contribution is 2.58. The van der Waals surface area contributed by atoms with Gasteiger partial charge in [0.15, 0.2) is 0 Å². The van der Waals surface area contributed by atoms with Gasteiger partial charge in [0.2, 0.25) is 5.91 Å². The lowest BCUT2D eigenvalue weighted by molar-refractivity contribution is -0.140. The van der Waals surface area contributed by atoms with E-state index >= 15 is 0 Å². The Labute approximate surface area is 111 Å². The second-order valence-electron chi connectivity index (χ2n) is 5.50. The molecule has 19 heavy (non-hydrogen) atoms. The zero-order valence-corrected chi connectivity index (χ0v) is 10.9. The van der Waals surface area contributed by atoms with Crippen LogP contribution in [0.4, 0.5) is 0 Å². The first-order valence-electron chi connectivity index (χ1n) is 6.12. The molecule has 1 fully saturated rings. The number of aliphatic carboxylic acids is 1. The van der Waals surface area contributed by atoms with E-state index in [2.05, 4.69) is 5.32 Å². The fourth-order valence-electron chi connectivity index (χ4n) is 2.50. The van der Waals surface area contributed by atoms with Gasteiger partial charge < -0.3 is 15.5 Å². The van der Waals surface area contributed by atoms with E-state index in [9.17, 15) is 9.59 Å². The SMILES string of the molecule is CC1(C)C(C(=O)O)C1C(=O)NCc1ccc(O)cc1. The van der Waals surface area contributed by atoms with Gasteiger partial charge in [-0.1, -0.05) is 26.0 Å². The van der Waals surface area contributed by atoms with Crippen molar-refractivity contribution in [3.8, 4) is 5.75 Å². The Morgan fingerprint density at radius 3 is 2.26 bits per heavy atom. The molecule has 0 spiro atoms. The van der Waals surface area contributed by atoms with E-state index in [0.717, 1.165) is 5.56 Å². The number of carboxylic acid groups (broad SMARTS) is 1. The van der Waals surface area contributed by atoms with Gasteiger partial charge in [-0.3, -0.25) is 9.59 Å². The Morgan fingerprint density at radius 2 is 1.79 bits per heavy atom. The van der Waals surface area contributed by atoms with E-state index in [-0.39, 0.29) is 11.7 Å². The summed E-state index contributed by atoms with van der Waals surface area (Å²) >= 11 is 0. The molecule has 0 aliphatic heterocycles. The number of hydrogen-bond acceptors (Lipinski definition) is 3. The topological polar surface area (TPSA) is 86.6 Å². The molecule has 2 rings (SSSR count). The number of amides is 1. The molecule has 1 aliphatic rings. The van der Waals surface area contributed by atoms with Gasteiger partial charge in [0.05, 0.1) is 11.8 Å². The van der Waals surface area contributed by atoms with Crippen molar-refractivity contribution >= 4 is 11.9 Å². The summed E-state index contributed by atoms with van der Waals surface area (Å²) in [6.07, 6.45) is 0. The van der Waals surface area contributed by atoms with Crippen LogP contribution in [-0.2, 0) is 16.1 Å². The lowest BCUT2D eigenvalue weighted by Gasteiger charge is -2.06. The van der Waals surface area contributed by atoms with Gasteiger partial charge in [-0.15, -0.1) is 0 Å². The van der Waals surface area contributed by atoms with Crippen LogP contribution in [0.25, 0.3) is 0 Å². The summed E-state index contributed by atoms with van der Waals surface area (Å²) in [5.41, 5.74) is 0.377. The van der Waals surface area contributed by atoms with Crippen LogP contribution in [0.2, 0.25) is 0 Å². The molecule has 0 bridgehead atoms. The first kappa shape index (κ1) is 13.4. The third-order valence-electron chi connectivity index (χ3n) is 3.78. The van der Waals surface area contributed by atoms with Crippen LogP contribution in [-0.4, -0.2) is 22.1 Å². The van der Waals surface area contributed by atoms with Crippen molar-refractivity contribution in [2.24, 2.45) is 17.3 Å². The average molecular weight is 263 g/mol. The van der Waals surface area contributed by atoms with Crippen LogP contribution >= 0.6 is 0 Å². The summed E-state index contributed by atoms with van der Waals surface area (Å²) in [5, 5.41) is 20.9. The van der Waals surface area contributed by atoms with Crippen molar-refractivity contribution in [3.05, 3.63) is 29.8 Å². The molecule has 0 radical (unpaired) electrons. The van der Waals surface area contributed by atoms with Crippen molar-refractivity contribution in [1.29, 1.82) is 0 Å². The normalized spacial score (nSPS) is 23.7. The summed E-state index contributed by atoms with van der Waals surface area (Å²) < 4.78 is 0. The van der Waals surface area contributed by atoms with Crippen LogP contribution in [0.5, 0.6) is 5.75 Å². The van der Waals surface area contributed by atoms with Gasteiger partial charge in [0.1, 0.15) is 5.75 Å². The number of carboxylic acids is 1. The third kappa shape index (κ3) is 2.54. The predicted molar refractivity (Wildman–Crippen MR) is 68.4 cm³/mol. The number of rotatable bonds is 4. The van der Waals surface area contributed by atoms with E-state index < -0.39 is 23.2 Å². The van der Waals surface area contributed by atoms with E-state index in [1.165, 1.54) is 0 Å². The van der Waals surface area contributed by atoms with Crippen molar-refractivity contribution in [3.63, 3.8) is 0 Å². The van der Waals surface area contributed by atoms with Crippen LogP contribution in [0.15, 0.2) is 24.3 Å². The van der Waals surface area contributed by atoms with Crippen molar-refractivity contribution in [2.75, 3.05) is 0 Å². The summed E-state index contributed by atoms with van der Waals surface area (Å²) in [5.74, 6) is -2.06. The number of benzene rings is 1. The molecule has 0 saturated heterocycles. The number of phenols is 1. The van der Waals surface area contributed by atoms with Crippen molar-refractivity contribution in [1.82, 2.24) is 5.32 Å². The van der Waals surface area contributed by atoms with Gasteiger partial charge in [-0.25, -0.2) is 0 Å². The van der Waals surface area contributed by atoms with E-state index in [1.54, 1.807) is 38.1 Å². The molecule has 5 heteroatoms. The smallest absolute Gasteiger partial charge is 0.307 e. The van der Waals surface area contributed by atoms with Gasteiger partial charge in [-0.05, 0) is 23.1 Å². The molecule has 1 amide bonds. The molecule has 1 aromatic carbocycles. The Balaban J connectivity index is 1.93. The molecule has 1 saturated carbocycles. The standard InChI is InChI=1S/C14H17NO4/c1-14(2)10(11(14)13(18)19)12(17)15-7-8-3-5-9(16)6-4-8/h3-6,10-11,16H,7H2,1-2H3,(H,15,17)(H,18,19). The Kier molecular flexibility index (Phi) is 3.22. The lowest BCUT2D eigenvalue weighted by atomic mass is 10.1. The van der Waals surface area contributed by atoms with Gasteiger partial charge in [-0.2, -0.15) is 0 Å². The molecule has 2 atom stereocenters. The van der Waals surface area contributed by atoms with Gasteiger partial charge in [0.25, 0.3) is 0 Å². The minimum Gasteiger partial charge on any atom is -0.508 e. The van der Waals surface area contributed by atoms with Crippen LogP contribution in [0.1, 0.15) is 19.4 Å². The zero-order valence-electron chi connectivity index (χ0n) is 10.9. The molecule has 5 nitrogen and oxygen atoms in total. The Morgan fingerprint density at radius 1 is 1.21 bits per heavy atom. The Bertz CT molecular complexity index is 507. The highest BCUT2D eigenvalue weighted by molar-refractivity contribution is 5.91. The molecule has 1 aliphatic carbocycles. The summed E-state index contributed by atoms with van der Waals surface area (Å²) in [7, 11) is 0. The number of carbonyl (C=O) groups is 2. The molecule has 1 aromatic rings. The molecular formula is C14H17NO4. The predicted octanol–water partition coefficient (Wildman–Crippen LogP) is 1.37. The summed E-state index contributed by atoms with van der Waals surface area (Å²) in [6, 6.07) is 6.51. The number of hydrogen-bond donors (Lipinski definition) is 3. The number of aromatic hydroxyl groups is 1. The first-order valence-corrected chi connectivity index (χ1v) is 6.12. The maximum Gasteiger partial charge on any atom is 0.307 e. The highest BCUT2D eigenvalue weighted by atomic mass is 16.4. The van der Waals surface area contributed by atoms with Crippen LogP contribution < -0.4 is 5.32 Å². The lowest BCUT2D eigenvalue weighted by Crippen LogP contribution is -2.26. The second-order valence-corrected chi connectivity index (χ2v) is 5.50. The highest BCUT2D eigenvalue weighted by Gasteiger charge is 2.65. The quantitative estimate of drug-likeness (QED) is 0.765. The molecule has 3 N–H and O–H groups in total. The summed E-state index contributed by atoms with van der Waals surface area (Å²) in [4.78, 5) is 22.9. The minimum atomic E-state index is -0.921. The van der Waals surface area contributed by atoms with E-state index in [0.29, 0.717) is 6.54 Å². The largest absolute Gasteiger partial charge is 0.508 e. The number of nitrogens with one attached hydrogen (secondary N) is 1. The zero-order chi connectivity index (χ0) is 14.2. The number of carbonyl (C=O) groups excluding carboxylic acids is 1. The first-order chi connectivity index (χ1) is 8.84. The molecule has 102 valence electrons. The van der Waals surface area contributed by atoms with Gasteiger partial charge >= 0.3 is 5.97 Å². The molecule has 0 aromatic heterocycles.